The van der Waals surface area contributed by atoms with Crippen molar-refractivity contribution < 1.29 is 0 Å². The van der Waals surface area contributed by atoms with Crippen LogP contribution in [0.15, 0.2) is 24.3 Å². The molecule has 98 valence electrons. The van der Waals surface area contributed by atoms with Crippen LogP contribution in [0.3, 0.4) is 0 Å². The third kappa shape index (κ3) is 6.27. The van der Waals surface area contributed by atoms with Gasteiger partial charge in [-0.1, -0.05) is 30.7 Å². The van der Waals surface area contributed by atoms with Gasteiger partial charge in [0.15, 0.2) is 0 Å². The first-order valence-electron chi connectivity index (χ1n) is 5.75. The van der Waals surface area contributed by atoms with E-state index in [1.807, 2.05) is 12.1 Å². The summed E-state index contributed by atoms with van der Waals surface area (Å²) >= 11 is 5.83. The molecule has 0 heterocycles. The van der Waals surface area contributed by atoms with Gasteiger partial charge in [-0.05, 0) is 38.2 Å². The maximum atomic E-state index is 5.83. The summed E-state index contributed by atoms with van der Waals surface area (Å²) in [4.78, 5) is 2.26. The summed E-state index contributed by atoms with van der Waals surface area (Å²) in [7, 11) is 4.25. The molecule has 2 nitrogen and oxygen atoms in total. The molecule has 0 saturated carbocycles. The van der Waals surface area contributed by atoms with Crippen LogP contribution in [-0.2, 0) is 6.54 Å². The highest BCUT2D eigenvalue weighted by atomic mass is 35.5. The first kappa shape index (κ1) is 16.7. The standard InChI is InChI=1S/C13H21ClN2.ClH/c1-4-13(16(2)3)10-15-9-11-5-7-12(14)8-6-11;/h5-8,13,15H,4,9-10H2,1-3H3;1H. The quantitative estimate of drug-likeness (QED) is 0.859. The largest absolute Gasteiger partial charge is 0.311 e. The Morgan fingerprint density at radius 2 is 1.82 bits per heavy atom. The average molecular weight is 277 g/mol. The number of benzene rings is 1. The molecular formula is C13H22Cl2N2. The Bertz CT molecular complexity index is 299. The van der Waals surface area contributed by atoms with Crippen LogP contribution in [-0.4, -0.2) is 31.6 Å². The minimum absolute atomic E-state index is 0. The fourth-order valence-corrected chi connectivity index (χ4v) is 1.80. The van der Waals surface area contributed by atoms with Crippen molar-refractivity contribution in [2.24, 2.45) is 0 Å². The zero-order valence-electron chi connectivity index (χ0n) is 10.7. The molecule has 0 aliphatic rings. The van der Waals surface area contributed by atoms with E-state index in [9.17, 15) is 0 Å². The third-order valence-electron chi connectivity index (χ3n) is 2.82. The molecule has 0 radical (unpaired) electrons. The van der Waals surface area contributed by atoms with Crippen LogP contribution in [0.5, 0.6) is 0 Å². The van der Waals surface area contributed by atoms with E-state index in [1.54, 1.807) is 0 Å². The summed E-state index contributed by atoms with van der Waals surface area (Å²) in [5.74, 6) is 0. The predicted octanol–water partition coefficient (Wildman–Crippen LogP) is 3.19. The van der Waals surface area contributed by atoms with Crippen molar-refractivity contribution in [3.05, 3.63) is 34.9 Å². The number of rotatable bonds is 6. The molecule has 4 heteroatoms. The summed E-state index contributed by atoms with van der Waals surface area (Å²) in [6.07, 6.45) is 1.17. The first-order valence-corrected chi connectivity index (χ1v) is 6.13. The van der Waals surface area contributed by atoms with Crippen LogP contribution in [0, 0.1) is 0 Å². The molecule has 17 heavy (non-hydrogen) atoms. The van der Waals surface area contributed by atoms with Crippen LogP contribution in [0.1, 0.15) is 18.9 Å². The first-order chi connectivity index (χ1) is 7.63. The van der Waals surface area contributed by atoms with Gasteiger partial charge in [-0.2, -0.15) is 0 Å². The van der Waals surface area contributed by atoms with Crippen molar-refractivity contribution in [1.82, 2.24) is 10.2 Å². The van der Waals surface area contributed by atoms with Crippen molar-refractivity contribution in [2.45, 2.75) is 25.9 Å². The van der Waals surface area contributed by atoms with Crippen LogP contribution in [0.4, 0.5) is 0 Å². The number of hydrogen-bond acceptors (Lipinski definition) is 2. The number of nitrogens with one attached hydrogen (secondary N) is 1. The molecule has 0 aromatic heterocycles. The van der Waals surface area contributed by atoms with Crippen LogP contribution in [0.2, 0.25) is 5.02 Å². The lowest BCUT2D eigenvalue weighted by Gasteiger charge is -2.23. The predicted molar refractivity (Wildman–Crippen MR) is 78.2 cm³/mol. The molecule has 0 aliphatic carbocycles. The minimum atomic E-state index is 0. The van der Waals surface area contributed by atoms with E-state index in [2.05, 4.69) is 43.4 Å². The van der Waals surface area contributed by atoms with Gasteiger partial charge in [0.2, 0.25) is 0 Å². The average Bonchev–Trinajstić information content (AvgIpc) is 2.26. The summed E-state index contributed by atoms with van der Waals surface area (Å²) in [6.45, 7) is 4.14. The second-order valence-corrected chi connectivity index (χ2v) is 4.72. The molecule has 0 saturated heterocycles. The third-order valence-corrected chi connectivity index (χ3v) is 3.08. The fourth-order valence-electron chi connectivity index (χ4n) is 1.68. The Morgan fingerprint density at radius 1 is 1.24 bits per heavy atom. The van der Waals surface area contributed by atoms with Crippen molar-refractivity contribution in [1.29, 1.82) is 0 Å². The van der Waals surface area contributed by atoms with Crippen molar-refractivity contribution >= 4 is 24.0 Å². The molecule has 1 aromatic rings. The fraction of sp³-hybridized carbons (Fsp3) is 0.538. The van der Waals surface area contributed by atoms with Gasteiger partial charge in [0.25, 0.3) is 0 Å². The van der Waals surface area contributed by atoms with E-state index in [1.165, 1.54) is 12.0 Å². The van der Waals surface area contributed by atoms with E-state index >= 15 is 0 Å². The van der Waals surface area contributed by atoms with E-state index in [0.29, 0.717) is 6.04 Å². The Labute approximate surface area is 116 Å². The molecule has 0 spiro atoms. The van der Waals surface area contributed by atoms with Gasteiger partial charge in [-0.15, -0.1) is 12.4 Å². The lowest BCUT2D eigenvalue weighted by Crippen LogP contribution is -2.37. The summed E-state index contributed by atoms with van der Waals surface area (Å²) in [6, 6.07) is 8.59. The highest BCUT2D eigenvalue weighted by Gasteiger charge is 2.07. The van der Waals surface area contributed by atoms with Gasteiger partial charge in [-0.3, -0.25) is 0 Å². The lowest BCUT2D eigenvalue weighted by molar-refractivity contribution is 0.276. The van der Waals surface area contributed by atoms with Crippen LogP contribution in [0.25, 0.3) is 0 Å². The van der Waals surface area contributed by atoms with E-state index < -0.39 is 0 Å². The number of nitrogens with zero attached hydrogens (tertiary/aromatic N) is 1. The SMILES string of the molecule is CCC(CNCc1ccc(Cl)cc1)N(C)C.Cl. The monoisotopic (exact) mass is 276 g/mol. The molecule has 0 amide bonds. The second kappa shape index (κ2) is 8.76. The Hall–Kier alpha value is -0.280. The highest BCUT2D eigenvalue weighted by molar-refractivity contribution is 6.30. The number of halogens is 2. The minimum Gasteiger partial charge on any atom is -0.311 e. The normalized spacial score (nSPS) is 12.3. The molecule has 1 rings (SSSR count). The van der Waals surface area contributed by atoms with Gasteiger partial charge in [0.05, 0.1) is 0 Å². The topological polar surface area (TPSA) is 15.3 Å². The molecular weight excluding hydrogens is 255 g/mol. The zero-order chi connectivity index (χ0) is 12.0. The lowest BCUT2D eigenvalue weighted by atomic mass is 10.2. The van der Waals surface area contributed by atoms with Crippen LogP contribution < -0.4 is 5.32 Å². The van der Waals surface area contributed by atoms with Gasteiger partial charge in [-0.25, -0.2) is 0 Å². The maximum Gasteiger partial charge on any atom is 0.0406 e. The van der Waals surface area contributed by atoms with Crippen molar-refractivity contribution in [3.63, 3.8) is 0 Å². The molecule has 0 aliphatic heterocycles. The highest BCUT2D eigenvalue weighted by Crippen LogP contribution is 2.09. The van der Waals surface area contributed by atoms with E-state index in [-0.39, 0.29) is 12.4 Å². The van der Waals surface area contributed by atoms with Gasteiger partial charge >= 0.3 is 0 Å². The second-order valence-electron chi connectivity index (χ2n) is 4.28. The summed E-state index contributed by atoms with van der Waals surface area (Å²) < 4.78 is 0. The molecule has 1 atom stereocenters. The summed E-state index contributed by atoms with van der Waals surface area (Å²) in [5, 5.41) is 4.26. The smallest absolute Gasteiger partial charge is 0.0406 e. The summed E-state index contributed by atoms with van der Waals surface area (Å²) in [5.41, 5.74) is 1.28. The molecule has 0 bridgehead atoms. The maximum absolute atomic E-state index is 5.83. The molecule has 1 unspecified atom stereocenters. The molecule has 1 N–H and O–H groups in total. The van der Waals surface area contributed by atoms with Gasteiger partial charge in [0.1, 0.15) is 0 Å². The Morgan fingerprint density at radius 3 is 2.29 bits per heavy atom. The van der Waals surface area contributed by atoms with Crippen molar-refractivity contribution in [2.75, 3.05) is 20.6 Å². The number of hydrogen-bond donors (Lipinski definition) is 1. The zero-order valence-corrected chi connectivity index (χ0v) is 12.3. The Balaban J connectivity index is 0.00000256. The molecule has 1 aromatic carbocycles. The van der Waals surface area contributed by atoms with E-state index in [4.69, 9.17) is 11.6 Å². The van der Waals surface area contributed by atoms with Crippen LogP contribution >= 0.6 is 24.0 Å². The van der Waals surface area contributed by atoms with Gasteiger partial charge in [0, 0.05) is 24.2 Å². The number of likely N-dealkylation sites (N-methyl/N-ethyl adjacent to an activating group) is 1. The van der Waals surface area contributed by atoms with Gasteiger partial charge < -0.3 is 10.2 Å². The Kier molecular flexibility index (Phi) is 8.61. The molecule has 0 fully saturated rings. The van der Waals surface area contributed by atoms with Crippen molar-refractivity contribution in [3.8, 4) is 0 Å². The van der Waals surface area contributed by atoms with E-state index in [0.717, 1.165) is 18.1 Å².